The predicted molar refractivity (Wildman–Crippen MR) is 107 cm³/mol. The van der Waals surface area contributed by atoms with Crippen LogP contribution in [0.3, 0.4) is 0 Å². The molecule has 0 saturated carbocycles. The summed E-state index contributed by atoms with van der Waals surface area (Å²) in [5, 5.41) is 0.767. The first-order valence-corrected chi connectivity index (χ1v) is 9.03. The van der Waals surface area contributed by atoms with E-state index in [0.717, 1.165) is 23.7 Å². The van der Waals surface area contributed by atoms with Gasteiger partial charge in [0.2, 0.25) is 5.88 Å². The lowest BCUT2D eigenvalue weighted by atomic mass is 10.1. The number of halogens is 1. The molecule has 0 spiro atoms. The zero-order valence-corrected chi connectivity index (χ0v) is 15.8. The largest absolute Gasteiger partial charge is 0.474 e. The van der Waals surface area contributed by atoms with Crippen molar-refractivity contribution < 1.29 is 9.13 Å². The van der Waals surface area contributed by atoms with Gasteiger partial charge in [-0.25, -0.2) is 14.4 Å². The fourth-order valence-corrected chi connectivity index (χ4v) is 2.21. The Balaban J connectivity index is 0.00000163. The van der Waals surface area contributed by atoms with E-state index >= 15 is 0 Å². The fraction of sp³-hybridized carbons (Fsp3) is 0.364. The number of alkyl halides is 1. The van der Waals surface area contributed by atoms with E-state index in [9.17, 15) is 4.39 Å². The monoisotopic (exact) mass is 354 g/mol. The van der Waals surface area contributed by atoms with Gasteiger partial charge in [-0.1, -0.05) is 57.6 Å². The molecular formula is C22H27FN2O. The summed E-state index contributed by atoms with van der Waals surface area (Å²) in [5.74, 6) is 2.89. The number of hydrogen-bond acceptors (Lipinski definition) is 3. The third kappa shape index (κ3) is 6.68. The lowest BCUT2D eigenvalue weighted by molar-refractivity contribution is 0.218. The number of ether oxygens (including phenoxy) is 1. The molecule has 1 aromatic carbocycles. The van der Waals surface area contributed by atoms with Crippen molar-refractivity contribution >= 4 is 10.9 Å². The lowest BCUT2D eigenvalue weighted by Gasteiger charge is -2.12. The van der Waals surface area contributed by atoms with E-state index in [-0.39, 0.29) is 6.61 Å². The molecule has 0 aliphatic heterocycles. The second-order valence-electron chi connectivity index (χ2n) is 5.28. The highest BCUT2D eigenvalue weighted by Crippen LogP contribution is 2.21. The Bertz CT molecular complexity index is 757. The van der Waals surface area contributed by atoms with Gasteiger partial charge in [0.15, 0.2) is 6.17 Å². The van der Waals surface area contributed by atoms with E-state index in [4.69, 9.17) is 11.2 Å². The number of nitrogens with zero attached hydrogens (tertiary/aromatic N) is 2. The van der Waals surface area contributed by atoms with E-state index in [2.05, 4.69) is 22.8 Å². The molecule has 1 atom stereocenters. The molecule has 0 aliphatic rings. The van der Waals surface area contributed by atoms with Crippen LogP contribution in [-0.4, -0.2) is 22.7 Å². The molecule has 2 aromatic rings. The van der Waals surface area contributed by atoms with Gasteiger partial charge in [0.25, 0.3) is 0 Å². The normalized spacial score (nSPS) is 12.3. The van der Waals surface area contributed by atoms with Gasteiger partial charge in [0.05, 0.1) is 10.9 Å². The average molecular weight is 354 g/mol. The SMILES string of the molecule is C#CC/C=C(\C=C/CCC)C(F)COc1ncnc2ccccc12.CC. The highest BCUT2D eigenvalue weighted by Gasteiger charge is 2.13. The zero-order valence-electron chi connectivity index (χ0n) is 15.8. The number of benzene rings is 1. The summed E-state index contributed by atoms with van der Waals surface area (Å²) < 4.78 is 20.1. The van der Waals surface area contributed by atoms with Crippen molar-refractivity contribution in [1.29, 1.82) is 0 Å². The summed E-state index contributed by atoms with van der Waals surface area (Å²) in [7, 11) is 0. The van der Waals surface area contributed by atoms with Crippen LogP contribution < -0.4 is 4.74 Å². The first kappa shape index (κ1) is 21.4. The molecule has 3 nitrogen and oxygen atoms in total. The summed E-state index contributed by atoms with van der Waals surface area (Å²) in [6.45, 7) is 5.96. The number of hydrogen-bond donors (Lipinski definition) is 0. The number of fused-ring (bicyclic) bond motifs is 1. The maximum absolute atomic E-state index is 14.5. The number of rotatable bonds is 8. The Labute approximate surface area is 156 Å². The number of unbranched alkanes of at least 4 members (excludes halogenated alkanes) is 1. The molecule has 0 aliphatic carbocycles. The van der Waals surface area contributed by atoms with E-state index in [1.807, 2.05) is 44.2 Å². The van der Waals surface area contributed by atoms with Gasteiger partial charge < -0.3 is 4.74 Å². The minimum atomic E-state index is -1.26. The molecule has 4 heteroatoms. The Morgan fingerprint density at radius 1 is 1.31 bits per heavy atom. The molecule has 2 rings (SSSR count). The minimum Gasteiger partial charge on any atom is -0.474 e. The predicted octanol–water partition coefficient (Wildman–Crippen LogP) is 5.68. The van der Waals surface area contributed by atoms with Crippen molar-refractivity contribution in [3.8, 4) is 18.2 Å². The van der Waals surface area contributed by atoms with Crippen molar-refractivity contribution in [2.75, 3.05) is 6.61 Å². The summed E-state index contributed by atoms with van der Waals surface area (Å²) in [6, 6.07) is 7.48. The van der Waals surface area contributed by atoms with Crippen LogP contribution in [0.15, 0.2) is 54.4 Å². The first-order chi connectivity index (χ1) is 12.8. The van der Waals surface area contributed by atoms with Crippen LogP contribution in [0, 0.1) is 12.3 Å². The van der Waals surface area contributed by atoms with Crippen LogP contribution in [0.1, 0.15) is 40.0 Å². The maximum atomic E-state index is 14.5. The molecule has 1 unspecified atom stereocenters. The van der Waals surface area contributed by atoms with Gasteiger partial charge in [0, 0.05) is 6.42 Å². The van der Waals surface area contributed by atoms with Crippen LogP contribution in [0.4, 0.5) is 4.39 Å². The summed E-state index contributed by atoms with van der Waals surface area (Å²) in [6.07, 6.45) is 13.2. The maximum Gasteiger partial charge on any atom is 0.224 e. The molecule has 0 saturated heterocycles. The van der Waals surface area contributed by atoms with Crippen molar-refractivity contribution in [1.82, 2.24) is 9.97 Å². The van der Waals surface area contributed by atoms with Crippen molar-refractivity contribution in [3.63, 3.8) is 0 Å². The number of terminal acetylenes is 1. The second kappa shape index (κ2) is 12.7. The number of allylic oxidation sites excluding steroid dienone is 3. The van der Waals surface area contributed by atoms with Gasteiger partial charge in [-0.05, 0) is 24.1 Å². The van der Waals surface area contributed by atoms with E-state index in [0.29, 0.717) is 17.9 Å². The van der Waals surface area contributed by atoms with Gasteiger partial charge in [-0.2, -0.15) is 0 Å². The summed E-state index contributed by atoms with van der Waals surface area (Å²) in [5.41, 5.74) is 1.31. The lowest BCUT2D eigenvalue weighted by Crippen LogP contribution is -2.15. The van der Waals surface area contributed by atoms with Crippen molar-refractivity contribution in [3.05, 3.63) is 54.4 Å². The Morgan fingerprint density at radius 3 is 2.81 bits per heavy atom. The van der Waals surface area contributed by atoms with E-state index < -0.39 is 6.17 Å². The van der Waals surface area contributed by atoms with E-state index in [1.165, 1.54) is 6.33 Å². The highest BCUT2D eigenvalue weighted by molar-refractivity contribution is 5.82. The van der Waals surface area contributed by atoms with Gasteiger partial charge >= 0.3 is 0 Å². The van der Waals surface area contributed by atoms with E-state index in [1.54, 1.807) is 12.2 Å². The molecule has 0 radical (unpaired) electrons. The third-order valence-electron chi connectivity index (χ3n) is 3.46. The van der Waals surface area contributed by atoms with Crippen molar-refractivity contribution in [2.45, 2.75) is 46.2 Å². The molecule has 0 amide bonds. The zero-order chi connectivity index (χ0) is 19.2. The second-order valence-corrected chi connectivity index (χ2v) is 5.28. The molecule has 0 bridgehead atoms. The van der Waals surface area contributed by atoms with Crippen LogP contribution in [-0.2, 0) is 0 Å². The number of aromatic nitrogens is 2. The minimum absolute atomic E-state index is 0.117. The van der Waals surface area contributed by atoms with Crippen LogP contribution in [0.25, 0.3) is 10.9 Å². The summed E-state index contributed by atoms with van der Waals surface area (Å²) >= 11 is 0. The molecule has 138 valence electrons. The van der Waals surface area contributed by atoms with Gasteiger partial charge in [-0.15, -0.1) is 12.3 Å². The number of para-hydroxylation sites is 1. The first-order valence-electron chi connectivity index (χ1n) is 9.03. The van der Waals surface area contributed by atoms with Crippen LogP contribution >= 0.6 is 0 Å². The Kier molecular flexibility index (Phi) is 10.4. The molecule has 1 heterocycles. The molecular weight excluding hydrogens is 327 g/mol. The van der Waals surface area contributed by atoms with Crippen molar-refractivity contribution in [2.24, 2.45) is 0 Å². The molecule has 26 heavy (non-hydrogen) atoms. The standard InChI is InChI=1S/C20H21FN2O.C2H6/c1-3-5-7-11-16(10-6-4-2)18(21)14-24-20-17-12-8-9-13-19(17)22-15-23-20;1-2/h2,7-13,15,18H,3,5-6,14H2,1H3;1-2H3/b11-7-,16-10+;. The van der Waals surface area contributed by atoms with Crippen LogP contribution in [0.2, 0.25) is 0 Å². The fourth-order valence-electron chi connectivity index (χ4n) is 2.21. The molecule has 0 fully saturated rings. The van der Waals surface area contributed by atoms with Crippen LogP contribution in [0.5, 0.6) is 5.88 Å². The average Bonchev–Trinajstić information content (AvgIpc) is 2.70. The Morgan fingerprint density at radius 2 is 2.08 bits per heavy atom. The Hall–Kier alpha value is -2.67. The topological polar surface area (TPSA) is 35.0 Å². The smallest absolute Gasteiger partial charge is 0.224 e. The third-order valence-corrected chi connectivity index (χ3v) is 3.46. The van der Waals surface area contributed by atoms with Gasteiger partial charge in [-0.3, -0.25) is 0 Å². The van der Waals surface area contributed by atoms with Gasteiger partial charge in [0.1, 0.15) is 12.9 Å². The summed E-state index contributed by atoms with van der Waals surface area (Å²) in [4.78, 5) is 8.27. The highest BCUT2D eigenvalue weighted by atomic mass is 19.1. The molecule has 1 aromatic heterocycles. The quantitative estimate of drug-likeness (QED) is 0.452. The molecule has 0 N–H and O–H groups in total.